The minimum Gasteiger partial charge on any atom is -0.385 e. The molecule has 0 aliphatic heterocycles. The molecule has 2 N–H and O–H groups in total. The molecule has 2 rings (SSSR count). The number of anilines is 1. The molecule has 1 aromatic rings. The first-order valence-electron chi connectivity index (χ1n) is 7.28. The zero-order chi connectivity index (χ0) is 14.2. The van der Waals surface area contributed by atoms with Crippen LogP contribution < -0.4 is 10.6 Å². The minimum absolute atomic E-state index is 0.0232. The summed E-state index contributed by atoms with van der Waals surface area (Å²) < 4.78 is 5.00. The first kappa shape index (κ1) is 14.8. The molecule has 1 aliphatic carbocycles. The Kier molecular flexibility index (Phi) is 5.80. The van der Waals surface area contributed by atoms with Crippen molar-refractivity contribution in [1.29, 1.82) is 0 Å². The second-order valence-electron chi connectivity index (χ2n) is 5.19. The summed E-state index contributed by atoms with van der Waals surface area (Å²) in [7, 11) is 1.69. The first-order chi connectivity index (χ1) is 9.79. The van der Waals surface area contributed by atoms with E-state index in [2.05, 4.69) is 15.6 Å². The summed E-state index contributed by atoms with van der Waals surface area (Å²) in [6, 6.07) is 2.19. The molecule has 0 spiro atoms. The number of ether oxygens (including phenoxy) is 1. The Hall–Kier alpha value is -1.62. The van der Waals surface area contributed by atoms with Gasteiger partial charge in [-0.1, -0.05) is 12.8 Å². The van der Waals surface area contributed by atoms with Gasteiger partial charge in [-0.2, -0.15) is 0 Å². The maximum absolute atomic E-state index is 12.1. The van der Waals surface area contributed by atoms with Crippen LogP contribution in [0, 0.1) is 0 Å². The molecule has 0 unspecified atom stereocenters. The van der Waals surface area contributed by atoms with Crippen molar-refractivity contribution in [2.24, 2.45) is 0 Å². The van der Waals surface area contributed by atoms with E-state index in [0.717, 1.165) is 38.1 Å². The van der Waals surface area contributed by atoms with Gasteiger partial charge in [-0.25, -0.2) is 0 Å². The number of pyridine rings is 1. The van der Waals surface area contributed by atoms with Crippen LogP contribution in [-0.2, 0) is 4.74 Å². The maximum atomic E-state index is 12.1. The highest BCUT2D eigenvalue weighted by Crippen LogP contribution is 2.18. The summed E-state index contributed by atoms with van der Waals surface area (Å²) in [5.41, 5.74) is 1.49. The Morgan fingerprint density at radius 2 is 2.20 bits per heavy atom. The van der Waals surface area contributed by atoms with E-state index in [0.29, 0.717) is 11.6 Å². The van der Waals surface area contributed by atoms with Gasteiger partial charge in [0.15, 0.2) is 0 Å². The molecule has 0 bridgehead atoms. The Labute approximate surface area is 120 Å². The number of hydrogen-bond donors (Lipinski definition) is 2. The van der Waals surface area contributed by atoms with E-state index in [1.54, 1.807) is 19.5 Å². The minimum atomic E-state index is -0.0232. The number of carbonyl (C=O) groups is 1. The fourth-order valence-electron chi connectivity index (χ4n) is 2.45. The molecule has 20 heavy (non-hydrogen) atoms. The van der Waals surface area contributed by atoms with Gasteiger partial charge in [0.05, 0.1) is 11.3 Å². The van der Waals surface area contributed by atoms with Crippen LogP contribution >= 0.6 is 0 Å². The van der Waals surface area contributed by atoms with Gasteiger partial charge in [0.2, 0.25) is 0 Å². The van der Waals surface area contributed by atoms with Gasteiger partial charge in [0.1, 0.15) is 0 Å². The van der Waals surface area contributed by atoms with Crippen molar-refractivity contribution in [3.05, 3.63) is 24.0 Å². The predicted molar refractivity (Wildman–Crippen MR) is 78.9 cm³/mol. The number of rotatable bonds is 7. The smallest absolute Gasteiger partial charge is 0.253 e. The van der Waals surface area contributed by atoms with Crippen molar-refractivity contribution < 1.29 is 9.53 Å². The lowest BCUT2D eigenvalue weighted by Crippen LogP contribution is -2.32. The molecule has 0 radical (unpaired) electrons. The molecular formula is C15H23N3O2. The summed E-state index contributed by atoms with van der Waals surface area (Å²) in [6.07, 6.45) is 8.88. The van der Waals surface area contributed by atoms with Crippen LogP contribution in [0.5, 0.6) is 0 Å². The highest BCUT2D eigenvalue weighted by molar-refractivity contribution is 5.94. The zero-order valence-electron chi connectivity index (χ0n) is 12.0. The Bertz CT molecular complexity index is 431. The Morgan fingerprint density at radius 3 is 2.95 bits per heavy atom. The van der Waals surface area contributed by atoms with Gasteiger partial charge >= 0.3 is 0 Å². The Balaban J connectivity index is 1.85. The van der Waals surface area contributed by atoms with E-state index >= 15 is 0 Å². The van der Waals surface area contributed by atoms with E-state index in [9.17, 15) is 4.79 Å². The van der Waals surface area contributed by atoms with Crippen molar-refractivity contribution in [2.75, 3.05) is 25.6 Å². The molecule has 5 nitrogen and oxygen atoms in total. The average molecular weight is 277 g/mol. The van der Waals surface area contributed by atoms with Crippen LogP contribution in [0.2, 0.25) is 0 Å². The average Bonchev–Trinajstić information content (AvgIpc) is 2.97. The molecule has 1 fully saturated rings. The third-order valence-electron chi connectivity index (χ3n) is 3.55. The predicted octanol–water partition coefficient (Wildman–Crippen LogP) is 2.20. The molecule has 0 aromatic carbocycles. The SMILES string of the molecule is COCCCNc1cncc(C(=O)NC2CCCC2)c1. The normalized spacial score (nSPS) is 15.2. The van der Waals surface area contributed by atoms with Crippen molar-refractivity contribution in [2.45, 2.75) is 38.1 Å². The third kappa shape index (κ3) is 4.49. The number of carbonyl (C=O) groups excluding carboxylic acids is 1. The number of nitrogens with one attached hydrogen (secondary N) is 2. The van der Waals surface area contributed by atoms with Crippen molar-refractivity contribution in [1.82, 2.24) is 10.3 Å². The summed E-state index contributed by atoms with van der Waals surface area (Å²) in [6.45, 7) is 1.53. The number of amides is 1. The second kappa shape index (κ2) is 7.85. The van der Waals surface area contributed by atoms with Crippen LogP contribution in [-0.4, -0.2) is 37.2 Å². The fraction of sp³-hybridized carbons (Fsp3) is 0.600. The van der Waals surface area contributed by atoms with Crippen molar-refractivity contribution >= 4 is 11.6 Å². The van der Waals surface area contributed by atoms with Crippen LogP contribution in [0.3, 0.4) is 0 Å². The lowest BCUT2D eigenvalue weighted by Gasteiger charge is -2.12. The van der Waals surface area contributed by atoms with Crippen molar-refractivity contribution in [3.63, 3.8) is 0 Å². The lowest BCUT2D eigenvalue weighted by molar-refractivity contribution is 0.0937. The van der Waals surface area contributed by atoms with Gasteiger partial charge in [0.25, 0.3) is 5.91 Å². The number of aromatic nitrogens is 1. The molecule has 1 saturated carbocycles. The summed E-state index contributed by atoms with van der Waals surface area (Å²) in [5, 5.41) is 6.32. The summed E-state index contributed by atoms with van der Waals surface area (Å²) in [5.74, 6) is -0.0232. The summed E-state index contributed by atoms with van der Waals surface area (Å²) >= 11 is 0. The number of hydrogen-bond acceptors (Lipinski definition) is 4. The molecule has 1 aliphatic rings. The van der Waals surface area contributed by atoms with Gasteiger partial charge in [0, 0.05) is 38.7 Å². The first-order valence-corrected chi connectivity index (χ1v) is 7.28. The maximum Gasteiger partial charge on any atom is 0.253 e. The van der Waals surface area contributed by atoms with Crippen LogP contribution in [0.1, 0.15) is 42.5 Å². The summed E-state index contributed by atoms with van der Waals surface area (Å²) in [4.78, 5) is 16.3. The number of methoxy groups -OCH3 is 1. The van der Waals surface area contributed by atoms with Crippen molar-refractivity contribution in [3.8, 4) is 0 Å². The highest BCUT2D eigenvalue weighted by atomic mass is 16.5. The monoisotopic (exact) mass is 277 g/mol. The van der Waals surface area contributed by atoms with Gasteiger partial charge in [-0.15, -0.1) is 0 Å². The molecular weight excluding hydrogens is 254 g/mol. The second-order valence-corrected chi connectivity index (χ2v) is 5.19. The molecule has 0 saturated heterocycles. The third-order valence-corrected chi connectivity index (χ3v) is 3.55. The molecule has 0 atom stereocenters. The molecule has 110 valence electrons. The van der Waals surface area contributed by atoms with E-state index < -0.39 is 0 Å². The van der Waals surface area contributed by atoms with E-state index in [1.165, 1.54) is 12.8 Å². The highest BCUT2D eigenvalue weighted by Gasteiger charge is 2.18. The quantitative estimate of drug-likeness (QED) is 0.750. The topological polar surface area (TPSA) is 63.2 Å². The molecule has 1 amide bonds. The van der Waals surface area contributed by atoms with Crippen LogP contribution in [0.15, 0.2) is 18.5 Å². The lowest BCUT2D eigenvalue weighted by atomic mass is 10.2. The Morgan fingerprint density at radius 1 is 1.40 bits per heavy atom. The van der Waals surface area contributed by atoms with E-state index in [4.69, 9.17) is 4.74 Å². The van der Waals surface area contributed by atoms with Gasteiger partial charge in [-0.05, 0) is 25.3 Å². The molecule has 1 heterocycles. The van der Waals surface area contributed by atoms with Crippen LogP contribution in [0.25, 0.3) is 0 Å². The standard InChI is InChI=1S/C15H23N3O2/c1-20-8-4-7-17-14-9-12(10-16-11-14)15(19)18-13-5-2-3-6-13/h9-11,13,17H,2-8H2,1H3,(H,18,19). The zero-order valence-corrected chi connectivity index (χ0v) is 12.0. The largest absolute Gasteiger partial charge is 0.385 e. The fourth-order valence-corrected chi connectivity index (χ4v) is 2.45. The molecule has 5 heteroatoms. The molecule has 1 aromatic heterocycles. The van der Waals surface area contributed by atoms with E-state index in [-0.39, 0.29) is 5.91 Å². The number of nitrogens with zero attached hydrogens (tertiary/aromatic N) is 1. The van der Waals surface area contributed by atoms with Crippen LogP contribution in [0.4, 0.5) is 5.69 Å². The van der Waals surface area contributed by atoms with E-state index in [1.807, 2.05) is 6.07 Å². The van der Waals surface area contributed by atoms with Gasteiger partial charge in [-0.3, -0.25) is 9.78 Å². The van der Waals surface area contributed by atoms with Gasteiger partial charge < -0.3 is 15.4 Å².